The molecule has 0 saturated carbocycles. The molecule has 1 N–H and O–H groups in total. The molecule has 43 heavy (non-hydrogen) atoms. The van der Waals surface area contributed by atoms with E-state index in [9.17, 15) is 9.59 Å². The van der Waals surface area contributed by atoms with Crippen LogP contribution in [0.3, 0.4) is 0 Å². The number of fused-ring (bicyclic) bond motifs is 2. The molecule has 0 unspecified atom stereocenters. The van der Waals surface area contributed by atoms with Gasteiger partial charge in [0.1, 0.15) is 11.3 Å². The first-order valence-electron chi connectivity index (χ1n) is 14.9. The molecule has 0 radical (unpaired) electrons. The van der Waals surface area contributed by atoms with Crippen molar-refractivity contribution in [2.24, 2.45) is 0 Å². The van der Waals surface area contributed by atoms with Crippen LogP contribution in [-0.4, -0.2) is 60.2 Å². The van der Waals surface area contributed by atoms with Crippen molar-refractivity contribution in [3.05, 3.63) is 76.8 Å². The number of hydrogen-bond donors (Lipinski definition) is 1. The Hall–Kier alpha value is -4.47. The van der Waals surface area contributed by atoms with Crippen LogP contribution in [0.25, 0.3) is 27.6 Å². The predicted octanol–water partition coefficient (Wildman–Crippen LogP) is 6.33. The molecule has 10 heteroatoms. The van der Waals surface area contributed by atoms with Gasteiger partial charge in [-0.15, -0.1) is 0 Å². The molecular weight excluding hydrogens is 547 g/mol. The molecule has 1 aromatic carbocycles. The first kappa shape index (κ1) is 28.6. The maximum atomic E-state index is 16.5. The standard InChI is InChI=1S/C33H37FN6O3/c1-6-20-10-11-35-16-26(20)24-13-23(21-9-8-12-38(17-21)32(42)43-33(3,4)5)29(34)30-25(24)14-27(37-30)31(41)39-18-22-15-36-40(7-2)28(22)19-39/h9-11,13-16,37H,6-8,12,17-19H2,1-5H3. The molecule has 4 aromatic rings. The van der Waals surface area contributed by atoms with E-state index in [-0.39, 0.29) is 18.0 Å². The van der Waals surface area contributed by atoms with Crippen molar-refractivity contribution in [1.82, 2.24) is 29.5 Å². The Bertz CT molecular complexity index is 1760. The molecule has 0 bridgehead atoms. The van der Waals surface area contributed by atoms with Crippen LogP contribution in [0.2, 0.25) is 0 Å². The van der Waals surface area contributed by atoms with Gasteiger partial charge in [-0.3, -0.25) is 14.5 Å². The maximum absolute atomic E-state index is 16.5. The Kier molecular flexibility index (Phi) is 7.31. The van der Waals surface area contributed by atoms with Crippen molar-refractivity contribution in [2.75, 3.05) is 13.1 Å². The number of rotatable bonds is 5. The van der Waals surface area contributed by atoms with Crippen molar-refractivity contribution in [3.63, 3.8) is 0 Å². The van der Waals surface area contributed by atoms with Crippen molar-refractivity contribution in [1.29, 1.82) is 0 Å². The zero-order valence-corrected chi connectivity index (χ0v) is 25.3. The number of H-pyrrole nitrogens is 1. The lowest BCUT2D eigenvalue weighted by atomic mass is 9.91. The fourth-order valence-electron chi connectivity index (χ4n) is 6.02. The monoisotopic (exact) mass is 584 g/mol. The number of aryl methyl sites for hydroxylation is 2. The summed E-state index contributed by atoms with van der Waals surface area (Å²) in [6.07, 6.45) is 8.25. The third kappa shape index (κ3) is 5.30. The van der Waals surface area contributed by atoms with E-state index in [2.05, 4.69) is 22.0 Å². The zero-order chi connectivity index (χ0) is 30.5. The number of nitrogens with one attached hydrogen (secondary N) is 1. The lowest BCUT2D eigenvalue weighted by Gasteiger charge is -2.30. The van der Waals surface area contributed by atoms with Gasteiger partial charge in [-0.25, -0.2) is 9.18 Å². The van der Waals surface area contributed by atoms with E-state index >= 15 is 4.39 Å². The minimum Gasteiger partial charge on any atom is -0.444 e. The number of nitrogens with zero attached hydrogens (tertiary/aromatic N) is 5. The van der Waals surface area contributed by atoms with Crippen molar-refractivity contribution in [3.8, 4) is 11.1 Å². The summed E-state index contributed by atoms with van der Waals surface area (Å²) in [4.78, 5) is 37.5. The molecule has 2 aliphatic rings. The van der Waals surface area contributed by atoms with Gasteiger partial charge in [0.05, 0.1) is 24.0 Å². The third-order valence-corrected chi connectivity index (χ3v) is 8.14. The van der Waals surface area contributed by atoms with Crippen LogP contribution in [0.1, 0.15) is 73.9 Å². The number of aromatic nitrogens is 4. The molecule has 0 saturated heterocycles. The summed E-state index contributed by atoms with van der Waals surface area (Å²) in [5.41, 5.74) is 5.82. The quantitative estimate of drug-likeness (QED) is 0.296. The third-order valence-electron chi connectivity index (χ3n) is 8.14. The van der Waals surface area contributed by atoms with Gasteiger partial charge in [-0.05, 0) is 75.4 Å². The van der Waals surface area contributed by atoms with Gasteiger partial charge in [-0.1, -0.05) is 13.0 Å². The summed E-state index contributed by atoms with van der Waals surface area (Å²) in [5.74, 6) is -0.653. The first-order chi connectivity index (χ1) is 20.6. The molecule has 5 heterocycles. The fourth-order valence-corrected chi connectivity index (χ4v) is 6.02. The number of aromatic amines is 1. The van der Waals surface area contributed by atoms with Gasteiger partial charge >= 0.3 is 6.09 Å². The summed E-state index contributed by atoms with van der Waals surface area (Å²) in [7, 11) is 0. The number of ether oxygens (including phenoxy) is 1. The second kappa shape index (κ2) is 11.0. The number of hydrogen-bond acceptors (Lipinski definition) is 5. The van der Waals surface area contributed by atoms with E-state index in [1.807, 2.05) is 56.8 Å². The largest absolute Gasteiger partial charge is 0.444 e. The van der Waals surface area contributed by atoms with Crippen LogP contribution in [-0.2, 0) is 30.8 Å². The molecule has 2 aliphatic heterocycles. The number of benzene rings is 1. The van der Waals surface area contributed by atoms with Gasteiger partial charge in [0.2, 0.25) is 0 Å². The van der Waals surface area contributed by atoms with Crippen LogP contribution in [0.15, 0.2) is 42.9 Å². The molecule has 6 rings (SSSR count). The highest BCUT2D eigenvalue weighted by molar-refractivity contribution is 6.05. The lowest BCUT2D eigenvalue weighted by molar-refractivity contribution is 0.0272. The highest BCUT2D eigenvalue weighted by Gasteiger charge is 2.31. The summed E-state index contributed by atoms with van der Waals surface area (Å²) < 4.78 is 24.0. The SMILES string of the molecule is CCc1ccncc1-c1cc(C2=CCCN(C(=O)OC(C)(C)C)C2)c(F)c2[nH]c(C(=O)N3Cc4cnn(CC)c4C3)cc12. The van der Waals surface area contributed by atoms with Crippen LogP contribution in [0.4, 0.5) is 9.18 Å². The topological polar surface area (TPSA) is 96.3 Å². The molecule has 0 spiro atoms. The van der Waals surface area contributed by atoms with Crippen molar-refractivity contribution < 1.29 is 18.7 Å². The highest BCUT2D eigenvalue weighted by Crippen LogP contribution is 2.38. The minimum atomic E-state index is -0.633. The average molecular weight is 585 g/mol. The number of pyridine rings is 1. The van der Waals surface area contributed by atoms with E-state index in [0.29, 0.717) is 48.3 Å². The van der Waals surface area contributed by atoms with Crippen LogP contribution in [0.5, 0.6) is 0 Å². The molecular formula is C33H37FN6O3. The van der Waals surface area contributed by atoms with E-state index in [4.69, 9.17) is 4.74 Å². The highest BCUT2D eigenvalue weighted by atomic mass is 19.1. The zero-order valence-electron chi connectivity index (χ0n) is 25.3. The van der Waals surface area contributed by atoms with E-state index in [0.717, 1.165) is 40.9 Å². The van der Waals surface area contributed by atoms with E-state index < -0.39 is 17.5 Å². The van der Waals surface area contributed by atoms with Gasteiger partial charge < -0.3 is 19.5 Å². The van der Waals surface area contributed by atoms with Gasteiger partial charge in [-0.2, -0.15) is 5.10 Å². The van der Waals surface area contributed by atoms with Gasteiger partial charge in [0.15, 0.2) is 5.82 Å². The van der Waals surface area contributed by atoms with Gasteiger partial charge in [0, 0.05) is 60.6 Å². The van der Waals surface area contributed by atoms with E-state index in [1.165, 1.54) is 0 Å². The molecule has 224 valence electrons. The maximum Gasteiger partial charge on any atom is 0.410 e. The summed E-state index contributed by atoms with van der Waals surface area (Å²) in [6.45, 7) is 11.9. The van der Waals surface area contributed by atoms with Crippen molar-refractivity contribution >= 4 is 28.5 Å². The molecule has 2 amide bonds. The number of amides is 2. The van der Waals surface area contributed by atoms with E-state index in [1.54, 1.807) is 28.3 Å². The molecule has 0 aliphatic carbocycles. The Labute approximate surface area is 250 Å². The normalized spacial score (nSPS) is 15.2. The Morgan fingerprint density at radius 2 is 1.86 bits per heavy atom. The summed E-state index contributed by atoms with van der Waals surface area (Å²) >= 11 is 0. The average Bonchev–Trinajstić information content (AvgIpc) is 3.71. The Morgan fingerprint density at radius 1 is 1.05 bits per heavy atom. The molecule has 9 nitrogen and oxygen atoms in total. The Balaban J connectivity index is 1.42. The Morgan fingerprint density at radius 3 is 2.60 bits per heavy atom. The van der Waals surface area contributed by atoms with Crippen LogP contribution < -0.4 is 0 Å². The number of carbonyl (C=O) groups excluding carboxylic acids is 2. The van der Waals surface area contributed by atoms with Gasteiger partial charge in [0.25, 0.3) is 5.91 Å². The lowest BCUT2D eigenvalue weighted by Crippen LogP contribution is -2.39. The molecule has 3 aromatic heterocycles. The molecule has 0 atom stereocenters. The van der Waals surface area contributed by atoms with Crippen LogP contribution >= 0.6 is 0 Å². The summed E-state index contributed by atoms with van der Waals surface area (Å²) in [5, 5.41) is 5.01. The second-order valence-electron chi connectivity index (χ2n) is 12.2. The number of halogens is 1. The molecule has 0 fully saturated rings. The fraction of sp³-hybridized carbons (Fsp3) is 0.394. The van der Waals surface area contributed by atoms with Crippen molar-refractivity contribution in [2.45, 2.75) is 72.7 Å². The first-order valence-corrected chi connectivity index (χ1v) is 14.9. The minimum absolute atomic E-state index is 0.197. The van der Waals surface area contributed by atoms with Crippen LogP contribution in [0, 0.1) is 5.82 Å². The smallest absolute Gasteiger partial charge is 0.410 e. The second-order valence-corrected chi connectivity index (χ2v) is 12.2. The predicted molar refractivity (Wildman–Crippen MR) is 163 cm³/mol. The number of carbonyl (C=O) groups is 2. The summed E-state index contributed by atoms with van der Waals surface area (Å²) in [6, 6.07) is 5.55.